The van der Waals surface area contributed by atoms with Crippen LogP contribution in [0.2, 0.25) is 5.02 Å². The van der Waals surface area contributed by atoms with Gasteiger partial charge in [0.15, 0.2) is 5.13 Å². The molecule has 4 nitrogen and oxygen atoms in total. The predicted molar refractivity (Wildman–Crippen MR) is 90.4 cm³/mol. The molecule has 0 aliphatic carbocycles. The van der Waals surface area contributed by atoms with Gasteiger partial charge in [-0.15, -0.1) is 0 Å². The molecule has 0 saturated carbocycles. The monoisotopic (exact) mass is 350 g/mol. The fraction of sp³-hybridized carbons (Fsp3) is 0.125. The lowest BCUT2D eigenvalue weighted by molar-refractivity contribution is -0.138. The molecule has 23 heavy (non-hydrogen) atoms. The molecule has 3 rings (SSSR count). The molecule has 0 radical (unpaired) electrons. The fourth-order valence-electron chi connectivity index (χ4n) is 2.11. The van der Waals surface area contributed by atoms with Crippen molar-refractivity contribution in [2.45, 2.75) is 12.8 Å². The van der Waals surface area contributed by atoms with E-state index in [0.29, 0.717) is 26.9 Å². The number of thiazole rings is 1. The lowest BCUT2D eigenvalue weighted by Crippen LogP contribution is -2.07. The first-order valence-electron chi connectivity index (χ1n) is 6.79. The molecule has 1 unspecified atom stereocenters. The number of hydrogen-bond acceptors (Lipinski definition) is 4. The number of nitrogens with one attached hydrogen (secondary N) is 1. The summed E-state index contributed by atoms with van der Waals surface area (Å²) in [5.41, 5.74) is 1.82. The number of rotatable bonds is 4. The number of aliphatic carboxylic acids is 1. The van der Waals surface area contributed by atoms with Gasteiger partial charge < -0.3 is 10.4 Å². The first-order chi connectivity index (χ1) is 10.9. The average molecular weight is 351 g/mol. The maximum atomic E-state index is 13.2. The summed E-state index contributed by atoms with van der Waals surface area (Å²) < 4.78 is 14.1. The quantitative estimate of drug-likeness (QED) is 0.693. The SMILES string of the molecule is CC(C(=O)O)c1ccc(Nc2nc3cc(F)ccc3s2)c(Cl)c1. The van der Waals surface area contributed by atoms with E-state index in [9.17, 15) is 9.18 Å². The molecule has 1 aromatic heterocycles. The van der Waals surface area contributed by atoms with E-state index >= 15 is 0 Å². The molecule has 0 saturated heterocycles. The van der Waals surface area contributed by atoms with E-state index in [2.05, 4.69) is 10.3 Å². The second-order valence-electron chi connectivity index (χ2n) is 5.06. The van der Waals surface area contributed by atoms with Gasteiger partial charge in [0.1, 0.15) is 5.82 Å². The Morgan fingerprint density at radius 1 is 1.35 bits per heavy atom. The van der Waals surface area contributed by atoms with Gasteiger partial charge in [-0.2, -0.15) is 0 Å². The van der Waals surface area contributed by atoms with Crippen LogP contribution in [0, 0.1) is 5.82 Å². The number of halogens is 2. The van der Waals surface area contributed by atoms with Crippen LogP contribution in [0.4, 0.5) is 15.2 Å². The van der Waals surface area contributed by atoms with Crippen molar-refractivity contribution < 1.29 is 14.3 Å². The lowest BCUT2D eigenvalue weighted by atomic mass is 10.0. The van der Waals surface area contributed by atoms with Gasteiger partial charge in [-0.05, 0) is 36.8 Å². The number of carboxylic acid groups (broad SMARTS) is 1. The zero-order valence-electron chi connectivity index (χ0n) is 12.0. The number of carbonyl (C=O) groups is 1. The van der Waals surface area contributed by atoms with Gasteiger partial charge in [0.25, 0.3) is 0 Å². The summed E-state index contributed by atoms with van der Waals surface area (Å²) in [7, 11) is 0. The van der Waals surface area contributed by atoms with Crippen LogP contribution in [0.1, 0.15) is 18.4 Å². The highest BCUT2D eigenvalue weighted by molar-refractivity contribution is 7.22. The molecule has 0 aliphatic rings. The maximum Gasteiger partial charge on any atom is 0.310 e. The van der Waals surface area contributed by atoms with E-state index in [1.54, 1.807) is 31.2 Å². The second-order valence-corrected chi connectivity index (χ2v) is 6.49. The molecule has 7 heteroatoms. The van der Waals surface area contributed by atoms with Crippen molar-refractivity contribution in [1.82, 2.24) is 4.98 Å². The molecule has 118 valence electrons. The molecule has 0 fully saturated rings. The van der Waals surface area contributed by atoms with E-state index in [4.69, 9.17) is 16.7 Å². The summed E-state index contributed by atoms with van der Waals surface area (Å²) in [6, 6.07) is 9.47. The second kappa shape index (κ2) is 6.14. The number of fused-ring (bicyclic) bond motifs is 1. The van der Waals surface area contributed by atoms with Gasteiger partial charge >= 0.3 is 5.97 Å². The standard InChI is InChI=1S/C16H12ClFN2O2S/c1-8(15(21)22)9-2-4-12(11(17)6-9)19-16-20-13-7-10(18)3-5-14(13)23-16/h2-8H,1H3,(H,19,20)(H,21,22). The molecule has 0 aliphatic heterocycles. The molecule has 2 aromatic carbocycles. The van der Waals surface area contributed by atoms with Crippen LogP contribution in [0.25, 0.3) is 10.2 Å². The molecular formula is C16H12ClFN2O2S. The van der Waals surface area contributed by atoms with Crippen LogP contribution in [-0.4, -0.2) is 16.1 Å². The van der Waals surface area contributed by atoms with E-state index < -0.39 is 11.9 Å². The number of benzene rings is 2. The van der Waals surface area contributed by atoms with E-state index in [-0.39, 0.29) is 5.82 Å². The van der Waals surface area contributed by atoms with Crippen LogP contribution in [0.15, 0.2) is 36.4 Å². The Labute approximate surface area is 140 Å². The van der Waals surface area contributed by atoms with Gasteiger partial charge in [-0.1, -0.05) is 29.0 Å². The third-order valence-corrected chi connectivity index (χ3v) is 4.72. The van der Waals surface area contributed by atoms with Crippen LogP contribution in [0.5, 0.6) is 0 Å². The zero-order chi connectivity index (χ0) is 16.6. The predicted octanol–water partition coefficient (Wildman–Crippen LogP) is 5.02. The third-order valence-electron chi connectivity index (χ3n) is 3.45. The molecule has 1 heterocycles. The smallest absolute Gasteiger partial charge is 0.310 e. The van der Waals surface area contributed by atoms with Gasteiger partial charge in [0.2, 0.25) is 0 Å². The molecule has 3 aromatic rings. The lowest BCUT2D eigenvalue weighted by Gasteiger charge is -2.10. The van der Waals surface area contributed by atoms with Crippen molar-refractivity contribution in [2.75, 3.05) is 5.32 Å². The number of hydrogen-bond donors (Lipinski definition) is 2. The number of carboxylic acids is 1. The Morgan fingerprint density at radius 3 is 2.83 bits per heavy atom. The van der Waals surface area contributed by atoms with Crippen LogP contribution in [0.3, 0.4) is 0 Å². The summed E-state index contributed by atoms with van der Waals surface area (Å²) >= 11 is 7.60. The Hall–Kier alpha value is -2.18. The minimum absolute atomic E-state index is 0.334. The van der Waals surface area contributed by atoms with E-state index in [1.165, 1.54) is 23.5 Å². The normalized spacial score (nSPS) is 12.3. The molecule has 1 atom stereocenters. The Balaban J connectivity index is 1.88. The molecule has 0 amide bonds. The number of anilines is 2. The van der Waals surface area contributed by atoms with Crippen molar-refractivity contribution in [2.24, 2.45) is 0 Å². The minimum Gasteiger partial charge on any atom is -0.481 e. The highest BCUT2D eigenvalue weighted by Gasteiger charge is 2.15. The van der Waals surface area contributed by atoms with Gasteiger partial charge in [0.05, 0.1) is 26.8 Å². The van der Waals surface area contributed by atoms with Gasteiger partial charge in [0, 0.05) is 6.07 Å². The summed E-state index contributed by atoms with van der Waals surface area (Å²) in [5.74, 6) is -1.87. The molecule has 0 bridgehead atoms. The molecule has 0 spiro atoms. The van der Waals surface area contributed by atoms with Crippen LogP contribution >= 0.6 is 22.9 Å². The first kappa shape index (κ1) is 15.7. The summed E-state index contributed by atoms with van der Waals surface area (Å²) in [6.45, 7) is 1.60. The van der Waals surface area contributed by atoms with Crippen molar-refractivity contribution >= 4 is 49.9 Å². The van der Waals surface area contributed by atoms with Gasteiger partial charge in [-0.3, -0.25) is 4.79 Å². The Bertz CT molecular complexity index is 897. The van der Waals surface area contributed by atoms with Crippen molar-refractivity contribution in [3.05, 3.63) is 52.8 Å². The third kappa shape index (κ3) is 3.28. The number of nitrogens with zero attached hydrogens (tertiary/aromatic N) is 1. The Kier molecular flexibility index (Phi) is 4.19. The van der Waals surface area contributed by atoms with Crippen molar-refractivity contribution in [3.63, 3.8) is 0 Å². The molecule has 2 N–H and O–H groups in total. The summed E-state index contributed by atoms with van der Waals surface area (Å²) in [5, 5.41) is 13.1. The van der Waals surface area contributed by atoms with Crippen molar-refractivity contribution in [3.8, 4) is 0 Å². The highest BCUT2D eigenvalue weighted by atomic mass is 35.5. The first-order valence-corrected chi connectivity index (χ1v) is 7.99. The summed E-state index contributed by atoms with van der Waals surface area (Å²) in [6.07, 6.45) is 0. The average Bonchev–Trinajstić information content (AvgIpc) is 2.89. The van der Waals surface area contributed by atoms with Crippen LogP contribution < -0.4 is 5.32 Å². The largest absolute Gasteiger partial charge is 0.481 e. The van der Waals surface area contributed by atoms with E-state index in [1.807, 2.05) is 0 Å². The molecular weight excluding hydrogens is 339 g/mol. The number of aromatic nitrogens is 1. The van der Waals surface area contributed by atoms with E-state index in [0.717, 1.165) is 4.70 Å². The summed E-state index contributed by atoms with van der Waals surface area (Å²) in [4.78, 5) is 15.3. The maximum absolute atomic E-state index is 13.2. The Morgan fingerprint density at radius 2 is 2.13 bits per heavy atom. The minimum atomic E-state index is -0.907. The van der Waals surface area contributed by atoms with Crippen LogP contribution in [-0.2, 0) is 4.79 Å². The zero-order valence-corrected chi connectivity index (χ0v) is 13.6. The highest BCUT2D eigenvalue weighted by Crippen LogP contribution is 2.33. The fourth-order valence-corrected chi connectivity index (χ4v) is 3.21. The van der Waals surface area contributed by atoms with Gasteiger partial charge in [-0.25, -0.2) is 9.37 Å². The topological polar surface area (TPSA) is 62.2 Å². The van der Waals surface area contributed by atoms with Crippen molar-refractivity contribution in [1.29, 1.82) is 0 Å².